The zero-order valence-electron chi connectivity index (χ0n) is 17.8. The van der Waals surface area contributed by atoms with Crippen LogP contribution in [0.4, 0.5) is 11.4 Å². The van der Waals surface area contributed by atoms with Crippen LogP contribution in [0.25, 0.3) is 10.9 Å². The number of allylic oxidation sites excluding steroid dienone is 2. The number of carbonyl (C=O) groups excluding carboxylic acids is 2. The molecule has 0 aliphatic rings. The van der Waals surface area contributed by atoms with Gasteiger partial charge in [0.2, 0.25) is 5.91 Å². The maximum atomic E-state index is 12.9. The number of nitrogens with zero attached hydrogens (tertiary/aromatic N) is 2. The number of ether oxygens (including phenoxy) is 1. The van der Waals surface area contributed by atoms with Crippen molar-refractivity contribution >= 4 is 34.1 Å². The predicted octanol–water partition coefficient (Wildman–Crippen LogP) is 3.29. The van der Waals surface area contributed by atoms with Crippen LogP contribution in [-0.4, -0.2) is 28.0 Å². The highest BCUT2D eigenvalue weighted by Gasteiger charge is 2.15. The number of hydrogen-bond donors (Lipinski definition) is 2. The molecule has 0 bridgehead atoms. The molecule has 0 fully saturated rings. The van der Waals surface area contributed by atoms with Gasteiger partial charge in [-0.3, -0.25) is 19.0 Å². The molecule has 1 heterocycles. The summed E-state index contributed by atoms with van der Waals surface area (Å²) in [4.78, 5) is 40.7. The van der Waals surface area contributed by atoms with E-state index in [-0.39, 0.29) is 24.0 Å². The third-order valence-corrected chi connectivity index (χ3v) is 4.58. The Labute approximate surface area is 185 Å². The van der Waals surface area contributed by atoms with Crippen molar-refractivity contribution in [2.75, 3.05) is 17.2 Å². The maximum Gasteiger partial charge on any atom is 0.262 e. The molecule has 3 rings (SSSR count). The Bertz CT molecular complexity index is 1230. The van der Waals surface area contributed by atoms with Gasteiger partial charge in [0.1, 0.15) is 5.75 Å². The van der Waals surface area contributed by atoms with Gasteiger partial charge in [-0.1, -0.05) is 12.2 Å². The normalized spacial score (nSPS) is 10.4. The fourth-order valence-electron chi connectivity index (χ4n) is 3.22. The summed E-state index contributed by atoms with van der Waals surface area (Å²) in [5.74, 6) is -0.117. The first-order valence-electron chi connectivity index (χ1n) is 9.96. The van der Waals surface area contributed by atoms with Gasteiger partial charge in [-0.25, -0.2) is 4.98 Å². The molecular formula is C24H24N4O4. The van der Waals surface area contributed by atoms with E-state index in [0.29, 0.717) is 46.6 Å². The molecule has 8 nitrogen and oxygen atoms in total. The minimum atomic E-state index is -0.364. The summed E-state index contributed by atoms with van der Waals surface area (Å²) in [5.41, 5.74) is 2.16. The van der Waals surface area contributed by atoms with Gasteiger partial charge in [-0.15, -0.1) is 13.2 Å². The fourth-order valence-corrected chi connectivity index (χ4v) is 3.22. The number of benzene rings is 2. The molecule has 0 aliphatic heterocycles. The number of carbonyl (C=O) groups is 2. The highest BCUT2D eigenvalue weighted by Crippen LogP contribution is 2.26. The van der Waals surface area contributed by atoms with Crippen molar-refractivity contribution in [1.82, 2.24) is 9.55 Å². The summed E-state index contributed by atoms with van der Waals surface area (Å²) < 4.78 is 7.21. The zero-order chi connectivity index (χ0) is 23.1. The monoisotopic (exact) mass is 432 g/mol. The standard InChI is InChI=1S/C24H24N4O4/c1-4-6-19-21(12-11-20-23(19)24(31)28(13-5-2)15-25-20)32-14-22(30)27-18-9-7-17(8-10-18)26-16(3)29/h4-5,7-12,15H,1-2,6,13-14H2,3H3,(H,26,29)(H,27,30). The third-order valence-electron chi connectivity index (χ3n) is 4.58. The van der Waals surface area contributed by atoms with Gasteiger partial charge in [0.25, 0.3) is 11.5 Å². The van der Waals surface area contributed by atoms with Crippen LogP contribution < -0.4 is 20.9 Å². The molecule has 0 atom stereocenters. The quantitative estimate of drug-likeness (QED) is 0.505. The molecule has 8 heteroatoms. The summed E-state index contributed by atoms with van der Waals surface area (Å²) >= 11 is 0. The SMILES string of the molecule is C=CCc1c(OCC(=O)Nc2ccc(NC(C)=O)cc2)ccc2ncn(CC=C)c(=O)c12. The van der Waals surface area contributed by atoms with Gasteiger partial charge in [-0.05, 0) is 42.8 Å². The Morgan fingerprint density at radius 1 is 1.06 bits per heavy atom. The van der Waals surface area contributed by atoms with Crippen LogP contribution in [0.2, 0.25) is 0 Å². The number of rotatable bonds is 9. The van der Waals surface area contributed by atoms with Gasteiger partial charge in [-0.2, -0.15) is 0 Å². The highest BCUT2D eigenvalue weighted by atomic mass is 16.5. The molecule has 32 heavy (non-hydrogen) atoms. The summed E-state index contributed by atoms with van der Waals surface area (Å²) in [6.45, 7) is 8.94. The second-order valence-electron chi connectivity index (χ2n) is 7.02. The van der Waals surface area contributed by atoms with Crippen molar-refractivity contribution in [3.05, 3.63) is 84.0 Å². The Balaban J connectivity index is 1.78. The maximum absolute atomic E-state index is 12.9. The smallest absolute Gasteiger partial charge is 0.262 e. The number of nitrogens with one attached hydrogen (secondary N) is 2. The minimum Gasteiger partial charge on any atom is -0.483 e. The molecule has 0 saturated heterocycles. The van der Waals surface area contributed by atoms with Gasteiger partial charge >= 0.3 is 0 Å². The van der Waals surface area contributed by atoms with E-state index in [1.54, 1.807) is 48.6 Å². The summed E-state index contributed by atoms with van der Waals surface area (Å²) in [7, 11) is 0. The number of fused-ring (bicyclic) bond motifs is 1. The van der Waals surface area contributed by atoms with E-state index in [9.17, 15) is 14.4 Å². The molecule has 2 amide bonds. The second kappa shape index (κ2) is 10.2. The first kappa shape index (κ1) is 22.5. The Morgan fingerprint density at radius 3 is 2.38 bits per heavy atom. The third kappa shape index (κ3) is 5.28. The van der Waals surface area contributed by atoms with Crippen LogP contribution in [0.5, 0.6) is 5.75 Å². The molecule has 0 saturated carbocycles. The predicted molar refractivity (Wildman–Crippen MR) is 125 cm³/mol. The topological polar surface area (TPSA) is 102 Å². The Hall–Kier alpha value is -4.20. The van der Waals surface area contributed by atoms with Crippen molar-refractivity contribution < 1.29 is 14.3 Å². The van der Waals surface area contributed by atoms with E-state index >= 15 is 0 Å². The summed E-state index contributed by atoms with van der Waals surface area (Å²) in [6, 6.07) is 10.1. The van der Waals surface area contributed by atoms with Gasteiger partial charge in [0, 0.05) is 30.4 Å². The summed E-state index contributed by atoms with van der Waals surface area (Å²) in [6.07, 6.45) is 5.15. The zero-order valence-corrected chi connectivity index (χ0v) is 17.8. The minimum absolute atomic E-state index is 0.174. The molecule has 2 N–H and O–H groups in total. The van der Waals surface area contributed by atoms with Gasteiger partial charge in [0.05, 0.1) is 17.2 Å². The first-order chi connectivity index (χ1) is 15.4. The average molecular weight is 432 g/mol. The highest BCUT2D eigenvalue weighted by molar-refractivity contribution is 5.93. The van der Waals surface area contributed by atoms with Crippen LogP contribution in [0.3, 0.4) is 0 Å². The lowest BCUT2D eigenvalue weighted by atomic mass is 10.0. The lowest BCUT2D eigenvalue weighted by Crippen LogP contribution is -2.23. The van der Waals surface area contributed by atoms with Crippen LogP contribution >= 0.6 is 0 Å². The van der Waals surface area contributed by atoms with E-state index < -0.39 is 0 Å². The Kier molecular flexibility index (Phi) is 7.17. The lowest BCUT2D eigenvalue weighted by molar-refractivity contribution is -0.118. The van der Waals surface area contributed by atoms with E-state index in [4.69, 9.17) is 4.74 Å². The van der Waals surface area contributed by atoms with Gasteiger partial charge < -0.3 is 15.4 Å². The fraction of sp³-hybridized carbons (Fsp3) is 0.167. The molecule has 0 unspecified atom stereocenters. The lowest BCUT2D eigenvalue weighted by Gasteiger charge is -2.14. The number of aromatic nitrogens is 2. The molecule has 0 aliphatic carbocycles. The number of anilines is 2. The van der Waals surface area contributed by atoms with Crippen LogP contribution in [-0.2, 0) is 22.6 Å². The van der Waals surface area contributed by atoms with Crippen molar-refractivity contribution in [2.24, 2.45) is 0 Å². The molecule has 0 radical (unpaired) electrons. The van der Waals surface area contributed by atoms with Gasteiger partial charge in [0.15, 0.2) is 6.61 Å². The summed E-state index contributed by atoms with van der Waals surface area (Å²) in [5, 5.41) is 5.82. The van der Waals surface area contributed by atoms with Crippen LogP contribution in [0, 0.1) is 0 Å². The van der Waals surface area contributed by atoms with Crippen LogP contribution in [0.15, 0.2) is 72.8 Å². The number of hydrogen-bond acceptors (Lipinski definition) is 5. The Morgan fingerprint density at radius 2 is 1.75 bits per heavy atom. The van der Waals surface area contributed by atoms with E-state index in [2.05, 4.69) is 28.8 Å². The van der Waals surface area contributed by atoms with E-state index in [1.165, 1.54) is 17.8 Å². The van der Waals surface area contributed by atoms with Crippen molar-refractivity contribution in [1.29, 1.82) is 0 Å². The second-order valence-corrected chi connectivity index (χ2v) is 7.02. The average Bonchev–Trinajstić information content (AvgIpc) is 2.76. The van der Waals surface area contributed by atoms with Crippen molar-refractivity contribution in [2.45, 2.75) is 19.9 Å². The molecule has 2 aromatic carbocycles. The first-order valence-corrected chi connectivity index (χ1v) is 9.96. The molecule has 1 aromatic heterocycles. The van der Waals surface area contributed by atoms with E-state index in [0.717, 1.165) is 0 Å². The molecule has 3 aromatic rings. The number of amides is 2. The molecule has 0 spiro atoms. The molecule has 164 valence electrons. The largest absolute Gasteiger partial charge is 0.483 e. The molecular weight excluding hydrogens is 408 g/mol. The van der Waals surface area contributed by atoms with Crippen molar-refractivity contribution in [3.8, 4) is 5.75 Å². The van der Waals surface area contributed by atoms with Crippen molar-refractivity contribution in [3.63, 3.8) is 0 Å². The van der Waals surface area contributed by atoms with E-state index in [1.807, 2.05) is 0 Å². The van der Waals surface area contributed by atoms with Crippen LogP contribution in [0.1, 0.15) is 12.5 Å².